The predicted octanol–water partition coefficient (Wildman–Crippen LogP) is 4.66. The van der Waals surface area contributed by atoms with Crippen molar-refractivity contribution in [3.05, 3.63) is 64.4 Å². The molecule has 1 aliphatic heterocycles. The van der Waals surface area contributed by atoms with Gasteiger partial charge in [-0.1, -0.05) is 35.5 Å². The van der Waals surface area contributed by atoms with E-state index in [1.165, 1.54) is 6.07 Å². The number of halogens is 2. The first-order valence-electron chi connectivity index (χ1n) is 11.5. The number of amides is 2. The van der Waals surface area contributed by atoms with Crippen LogP contribution in [0.5, 0.6) is 0 Å². The molecule has 37 heavy (non-hydrogen) atoms. The molecule has 2 amide bonds. The Morgan fingerprint density at radius 1 is 1.27 bits per heavy atom. The summed E-state index contributed by atoms with van der Waals surface area (Å²) < 4.78 is 29.1. The fraction of sp³-hybridized carbons (Fsp3) is 0.240. The van der Waals surface area contributed by atoms with Gasteiger partial charge in [0.05, 0.1) is 17.1 Å². The number of nitrogens with two attached hydrogens (primary N) is 1. The van der Waals surface area contributed by atoms with Crippen LogP contribution in [0.15, 0.2) is 47.8 Å². The minimum absolute atomic E-state index is 0.00125. The highest BCUT2D eigenvalue weighted by Crippen LogP contribution is 2.42. The van der Waals surface area contributed by atoms with Gasteiger partial charge in [-0.3, -0.25) is 14.3 Å². The molecule has 0 bridgehead atoms. The van der Waals surface area contributed by atoms with Gasteiger partial charge in [0.1, 0.15) is 15.4 Å². The summed E-state index contributed by atoms with van der Waals surface area (Å²) in [6, 6.07) is 10.1. The number of rotatable bonds is 7. The molecule has 190 valence electrons. The van der Waals surface area contributed by atoms with E-state index in [4.69, 9.17) is 10.6 Å². The number of hydrogen-bond acceptors (Lipinski definition) is 7. The van der Waals surface area contributed by atoms with Crippen molar-refractivity contribution in [3.8, 4) is 11.1 Å². The Balaban J connectivity index is 1.52. The molecule has 1 unspecified atom stereocenters. The molecular formula is C25H22F2N6O3S. The molecule has 3 N–H and O–H groups in total. The van der Waals surface area contributed by atoms with E-state index in [1.807, 2.05) is 20.0 Å². The summed E-state index contributed by atoms with van der Waals surface area (Å²) in [5.41, 5.74) is 8.41. The van der Waals surface area contributed by atoms with Gasteiger partial charge in [0.15, 0.2) is 0 Å². The molecule has 0 saturated heterocycles. The van der Waals surface area contributed by atoms with Crippen LogP contribution in [-0.4, -0.2) is 38.4 Å². The van der Waals surface area contributed by atoms with Crippen molar-refractivity contribution in [3.63, 3.8) is 0 Å². The smallest absolute Gasteiger partial charge is 0.280 e. The highest BCUT2D eigenvalue weighted by molar-refractivity contribution is 7.21. The molecule has 0 aliphatic carbocycles. The van der Waals surface area contributed by atoms with Crippen LogP contribution < -0.4 is 11.1 Å². The number of nitrogens with one attached hydrogen (secondary N) is 1. The van der Waals surface area contributed by atoms with Gasteiger partial charge in [0.2, 0.25) is 6.10 Å². The van der Waals surface area contributed by atoms with Gasteiger partial charge in [-0.15, -0.1) is 11.3 Å². The van der Waals surface area contributed by atoms with Gasteiger partial charge >= 0.3 is 0 Å². The molecule has 4 heterocycles. The zero-order valence-corrected chi connectivity index (χ0v) is 20.7. The van der Waals surface area contributed by atoms with Crippen LogP contribution in [0.4, 0.5) is 14.5 Å². The number of benzene rings is 1. The number of aryl methyl sites for hydroxylation is 2. The summed E-state index contributed by atoms with van der Waals surface area (Å²) in [5, 5.41) is 11.6. The zero-order valence-electron chi connectivity index (χ0n) is 19.9. The van der Waals surface area contributed by atoms with Gasteiger partial charge in [-0.25, -0.2) is 13.8 Å². The molecular weight excluding hydrogens is 502 g/mol. The Morgan fingerprint density at radius 2 is 2.03 bits per heavy atom. The highest BCUT2D eigenvalue weighted by Gasteiger charge is 2.33. The lowest BCUT2D eigenvalue weighted by atomic mass is 10.0. The molecule has 1 aromatic carbocycles. The zero-order chi connectivity index (χ0) is 26.3. The minimum Gasteiger partial charge on any atom is -0.382 e. The van der Waals surface area contributed by atoms with E-state index < -0.39 is 30.0 Å². The number of carbonyl (C=O) groups excluding carboxylic acids is 2. The first-order valence-corrected chi connectivity index (χ1v) is 12.3. The molecule has 0 radical (unpaired) electrons. The lowest BCUT2D eigenvalue weighted by Gasteiger charge is -2.13. The van der Waals surface area contributed by atoms with Gasteiger partial charge in [-0.05, 0) is 31.0 Å². The van der Waals surface area contributed by atoms with Crippen molar-refractivity contribution in [2.24, 2.45) is 10.9 Å². The van der Waals surface area contributed by atoms with Crippen molar-refractivity contribution in [1.82, 2.24) is 14.8 Å². The van der Waals surface area contributed by atoms with Crippen molar-refractivity contribution < 1.29 is 23.2 Å². The largest absolute Gasteiger partial charge is 0.382 e. The van der Waals surface area contributed by atoms with Crippen LogP contribution in [0, 0.1) is 6.92 Å². The molecule has 1 aliphatic rings. The van der Waals surface area contributed by atoms with Gasteiger partial charge in [-0.2, -0.15) is 5.10 Å². The maximum absolute atomic E-state index is 13.6. The number of alkyl halides is 2. The van der Waals surface area contributed by atoms with Crippen LogP contribution in [-0.2, 0) is 16.2 Å². The lowest BCUT2D eigenvalue weighted by Crippen LogP contribution is -2.29. The molecule has 0 fully saturated rings. The number of primary amides is 1. The fourth-order valence-corrected chi connectivity index (χ4v) is 5.23. The average molecular weight is 525 g/mol. The Labute approximate surface area is 213 Å². The number of fused-ring (bicyclic) bond motifs is 1. The second-order valence-corrected chi connectivity index (χ2v) is 9.42. The molecule has 4 aromatic rings. The number of aromatic nitrogens is 3. The van der Waals surface area contributed by atoms with Crippen molar-refractivity contribution in [2.75, 3.05) is 5.32 Å². The summed E-state index contributed by atoms with van der Waals surface area (Å²) in [6.45, 7) is 4.49. The molecule has 12 heteroatoms. The molecule has 0 spiro atoms. The number of carbonyl (C=O) groups is 2. The van der Waals surface area contributed by atoms with E-state index in [2.05, 4.69) is 20.6 Å². The lowest BCUT2D eigenvalue weighted by molar-refractivity contribution is -0.125. The third-order valence-electron chi connectivity index (χ3n) is 6.00. The van der Waals surface area contributed by atoms with Crippen LogP contribution in [0.2, 0.25) is 0 Å². The van der Waals surface area contributed by atoms with E-state index in [-0.39, 0.29) is 21.8 Å². The number of thiophene rings is 1. The second-order valence-electron chi connectivity index (χ2n) is 8.42. The van der Waals surface area contributed by atoms with E-state index in [1.54, 1.807) is 35.0 Å². The minimum atomic E-state index is -2.83. The summed E-state index contributed by atoms with van der Waals surface area (Å²) >= 11 is 0.847. The van der Waals surface area contributed by atoms with E-state index in [0.717, 1.165) is 22.6 Å². The van der Waals surface area contributed by atoms with Crippen LogP contribution >= 0.6 is 11.3 Å². The first kappa shape index (κ1) is 24.5. The highest BCUT2D eigenvalue weighted by atomic mass is 32.1. The van der Waals surface area contributed by atoms with Gasteiger partial charge < -0.3 is 15.9 Å². The van der Waals surface area contributed by atoms with Crippen molar-refractivity contribution >= 4 is 44.8 Å². The number of anilines is 1. The van der Waals surface area contributed by atoms with Crippen LogP contribution in [0.25, 0.3) is 21.3 Å². The van der Waals surface area contributed by atoms with E-state index in [9.17, 15) is 18.4 Å². The first-order chi connectivity index (χ1) is 17.8. The van der Waals surface area contributed by atoms with Gasteiger partial charge in [0.25, 0.3) is 18.2 Å². The maximum atomic E-state index is 13.6. The Morgan fingerprint density at radius 3 is 2.68 bits per heavy atom. The normalized spacial score (nSPS) is 15.2. The Kier molecular flexibility index (Phi) is 6.42. The topological polar surface area (TPSA) is 124 Å². The van der Waals surface area contributed by atoms with E-state index >= 15 is 0 Å². The second kappa shape index (κ2) is 9.69. The Bertz CT molecular complexity index is 1550. The SMILES string of the molecule is CCn1cc(C2=NOC(C(=O)Nc3c(C(N)=O)sc4nc(C(F)F)cc(-c5ccccc5)c34)C2)c(C)n1. The van der Waals surface area contributed by atoms with Crippen molar-refractivity contribution in [1.29, 1.82) is 0 Å². The average Bonchev–Trinajstić information content (AvgIpc) is 3.61. The van der Waals surface area contributed by atoms with Crippen LogP contribution in [0.1, 0.15) is 46.4 Å². The molecule has 3 aromatic heterocycles. The Hall–Kier alpha value is -4.19. The summed E-state index contributed by atoms with van der Waals surface area (Å²) in [7, 11) is 0. The summed E-state index contributed by atoms with van der Waals surface area (Å²) in [5.74, 6) is -1.37. The van der Waals surface area contributed by atoms with E-state index in [0.29, 0.717) is 28.8 Å². The third kappa shape index (κ3) is 4.55. The monoisotopic (exact) mass is 524 g/mol. The van der Waals surface area contributed by atoms with Gasteiger partial charge in [0, 0.05) is 30.1 Å². The number of oxime groups is 1. The van der Waals surface area contributed by atoms with Crippen LogP contribution in [0.3, 0.4) is 0 Å². The predicted molar refractivity (Wildman–Crippen MR) is 136 cm³/mol. The standard InChI is InChI=1S/C25H22F2N6O3S/c1-3-33-11-15(12(2)31-33)16-10-18(36-32-16)24(35)30-20-19-14(13-7-5-4-6-8-13)9-17(22(26)27)29-25(19)37-21(20)23(28)34/h4-9,11,18,22H,3,10H2,1-2H3,(H2,28,34)(H,30,35). The molecule has 1 atom stereocenters. The number of nitrogens with zero attached hydrogens (tertiary/aromatic N) is 4. The number of pyridine rings is 1. The fourth-order valence-electron chi connectivity index (χ4n) is 4.21. The summed E-state index contributed by atoms with van der Waals surface area (Å²) in [4.78, 5) is 35.2. The third-order valence-corrected chi connectivity index (χ3v) is 7.10. The number of hydrogen-bond donors (Lipinski definition) is 2. The maximum Gasteiger partial charge on any atom is 0.280 e. The molecule has 0 saturated carbocycles. The summed E-state index contributed by atoms with van der Waals surface area (Å²) in [6.07, 6.45) is -1.76. The van der Waals surface area contributed by atoms with Crippen molar-refractivity contribution in [2.45, 2.75) is 39.3 Å². The molecule has 5 rings (SSSR count). The molecule has 9 nitrogen and oxygen atoms in total. The quantitative estimate of drug-likeness (QED) is 0.364.